The zero-order chi connectivity index (χ0) is 21.1. The summed E-state index contributed by atoms with van der Waals surface area (Å²) in [4.78, 5) is 21.5. The molecular formula is C21H22Cl2N4OS. The lowest BCUT2D eigenvalue weighted by atomic mass is 10.00. The van der Waals surface area contributed by atoms with Crippen LogP contribution < -0.4 is 10.2 Å². The molecule has 1 amide bonds. The van der Waals surface area contributed by atoms with Crippen molar-refractivity contribution in [3.8, 4) is 0 Å². The quantitative estimate of drug-likeness (QED) is 0.706. The normalized spacial score (nSPS) is 16.0. The van der Waals surface area contributed by atoms with Crippen LogP contribution >= 0.6 is 35.4 Å². The number of likely N-dealkylation sites (N-methyl/N-ethyl adjacent to an activating group) is 1. The van der Waals surface area contributed by atoms with Gasteiger partial charge in [-0.3, -0.25) is 4.79 Å². The predicted octanol–water partition coefficient (Wildman–Crippen LogP) is 4.35. The Bertz CT molecular complexity index is 975. The molecule has 2 aromatic carbocycles. The molecule has 0 aliphatic carbocycles. The number of fused-ring (bicyclic) bond motifs is 1. The number of benzodiazepines with no additional fused rings is 1. The van der Waals surface area contributed by atoms with Crippen molar-refractivity contribution in [2.45, 2.75) is 20.0 Å². The minimum Gasteiger partial charge on any atom is -0.350 e. The molecule has 0 saturated carbocycles. The molecule has 152 valence electrons. The maximum atomic E-state index is 13.2. The van der Waals surface area contributed by atoms with Gasteiger partial charge in [0.05, 0.1) is 11.4 Å². The number of halogens is 2. The number of anilines is 1. The van der Waals surface area contributed by atoms with E-state index in [-0.39, 0.29) is 5.91 Å². The summed E-state index contributed by atoms with van der Waals surface area (Å²) in [6.07, 6.45) is -0.884. The number of nitrogens with one attached hydrogen (secondary N) is 1. The lowest BCUT2D eigenvalue weighted by Crippen LogP contribution is -2.50. The SMILES string of the molecule is CCN(CC)C(=S)NC1N=C(c2ccccc2Cl)c2cc(Cl)ccc2N(C)C1=O. The Balaban J connectivity index is 2.16. The first kappa shape index (κ1) is 21.6. The van der Waals surface area contributed by atoms with Crippen molar-refractivity contribution in [3.05, 3.63) is 63.6 Å². The van der Waals surface area contributed by atoms with Crippen LogP contribution in [0, 0.1) is 0 Å². The molecule has 1 heterocycles. The second-order valence-corrected chi connectivity index (χ2v) is 7.77. The summed E-state index contributed by atoms with van der Waals surface area (Å²) in [5.74, 6) is -0.217. The number of benzene rings is 2. The van der Waals surface area contributed by atoms with Gasteiger partial charge in [0.1, 0.15) is 0 Å². The van der Waals surface area contributed by atoms with Crippen molar-refractivity contribution in [1.29, 1.82) is 0 Å². The summed E-state index contributed by atoms with van der Waals surface area (Å²) in [5.41, 5.74) is 2.75. The molecule has 1 N–H and O–H groups in total. The number of hydrogen-bond acceptors (Lipinski definition) is 3. The van der Waals surface area contributed by atoms with Crippen LogP contribution in [0.1, 0.15) is 25.0 Å². The van der Waals surface area contributed by atoms with Crippen LogP contribution in [-0.2, 0) is 4.79 Å². The summed E-state index contributed by atoms with van der Waals surface area (Å²) in [6, 6.07) is 12.8. The van der Waals surface area contributed by atoms with Gasteiger partial charge in [-0.2, -0.15) is 0 Å². The number of carbonyl (C=O) groups excluding carboxylic acids is 1. The van der Waals surface area contributed by atoms with Crippen LogP contribution in [0.2, 0.25) is 10.0 Å². The van der Waals surface area contributed by atoms with Gasteiger partial charge >= 0.3 is 0 Å². The zero-order valence-corrected chi connectivity index (χ0v) is 18.8. The Hall–Kier alpha value is -2.15. The van der Waals surface area contributed by atoms with Crippen LogP contribution in [0.5, 0.6) is 0 Å². The molecule has 0 fully saturated rings. The summed E-state index contributed by atoms with van der Waals surface area (Å²) >= 11 is 18.3. The van der Waals surface area contributed by atoms with Gasteiger partial charge in [-0.25, -0.2) is 4.99 Å². The number of nitrogens with zero attached hydrogens (tertiary/aromatic N) is 3. The average Bonchev–Trinajstić information content (AvgIpc) is 2.80. The van der Waals surface area contributed by atoms with Gasteiger partial charge in [0, 0.05) is 41.3 Å². The van der Waals surface area contributed by atoms with Gasteiger partial charge < -0.3 is 15.1 Å². The zero-order valence-electron chi connectivity index (χ0n) is 16.4. The molecule has 3 rings (SSSR count). The molecule has 1 atom stereocenters. The van der Waals surface area contributed by atoms with E-state index in [9.17, 15) is 4.79 Å². The van der Waals surface area contributed by atoms with E-state index in [4.69, 9.17) is 40.4 Å². The molecule has 1 aliphatic heterocycles. The highest BCUT2D eigenvalue weighted by atomic mass is 35.5. The number of thiocarbonyl (C=S) groups is 1. The third-order valence-electron chi connectivity index (χ3n) is 4.84. The Morgan fingerprint density at radius 1 is 1.17 bits per heavy atom. The highest BCUT2D eigenvalue weighted by molar-refractivity contribution is 7.80. The largest absolute Gasteiger partial charge is 0.350 e. The molecule has 5 nitrogen and oxygen atoms in total. The fraction of sp³-hybridized carbons (Fsp3) is 0.286. The van der Waals surface area contributed by atoms with Gasteiger partial charge in [-0.1, -0.05) is 41.4 Å². The van der Waals surface area contributed by atoms with Crippen molar-refractivity contribution < 1.29 is 4.79 Å². The fourth-order valence-electron chi connectivity index (χ4n) is 3.23. The van der Waals surface area contributed by atoms with E-state index >= 15 is 0 Å². The van der Waals surface area contributed by atoms with Crippen LogP contribution in [0.25, 0.3) is 0 Å². The Morgan fingerprint density at radius 3 is 2.52 bits per heavy atom. The van der Waals surface area contributed by atoms with Crippen molar-refractivity contribution in [2.75, 3.05) is 25.0 Å². The highest BCUT2D eigenvalue weighted by Crippen LogP contribution is 2.31. The molecule has 0 saturated heterocycles. The molecule has 1 aliphatic rings. The Morgan fingerprint density at radius 2 is 1.86 bits per heavy atom. The van der Waals surface area contributed by atoms with E-state index < -0.39 is 6.17 Å². The first-order chi connectivity index (χ1) is 13.9. The monoisotopic (exact) mass is 448 g/mol. The summed E-state index contributed by atoms with van der Waals surface area (Å²) in [7, 11) is 1.72. The molecule has 0 spiro atoms. The van der Waals surface area contributed by atoms with E-state index in [0.717, 1.165) is 24.2 Å². The second kappa shape index (κ2) is 9.11. The van der Waals surface area contributed by atoms with Crippen LogP contribution in [-0.4, -0.2) is 47.9 Å². The van der Waals surface area contributed by atoms with Crippen LogP contribution in [0.15, 0.2) is 47.5 Å². The van der Waals surface area contributed by atoms with Gasteiger partial charge in [-0.05, 0) is 50.3 Å². The van der Waals surface area contributed by atoms with Gasteiger partial charge in [-0.15, -0.1) is 0 Å². The van der Waals surface area contributed by atoms with Crippen LogP contribution in [0.3, 0.4) is 0 Å². The maximum Gasteiger partial charge on any atom is 0.272 e. The van der Waals surface area contributed by atoms with Gasteiger partial charge in [0.15, 0.2) is 5.11 Å². The highest BCUT2D eigenvalue weighted by Gasteiger charge is 2.31. The van der Waals surface area contributed by atoms with Crippen molar-refractivity contribution in [1.82, 2.24) is 10.2 Å². The first-order valence-electron chi connectivity index (χ1n) is 9.33. The molecule has 29 heavy (non-hydrogen) atoms. The third-order valence-corrected chi connectivity index (χ3v) is 5.78. The fourth-order valence-corrected chi connectivity index (χ4v) is 3.99. The van der Waals surface area contributed by atoms with E-state index in [0.29, 0.717) is 26.6 Å². The molecule has 2 aromatic rings. The topological polar surface area (TPSA) is 47.9 Å². The second-order valence-electron chi connectivity index (χ2n) is 6.54. The van der Waals surface area contributed by atoms with Crippen molar-refractivity contribution >= 4 is 57.8 Å². The smallest absolute Gasteiger partial charge is 0.272 e. The van der Waals surface area contributed by atoms with E-state index in [1.807, 2.05) is 43.0 Å². The number of hydrogen-bond donors (Lipinski definition) is 1. The van der Waals surface area contributed by atoms with E-state index in [2.05, 4.69) is 5.32 Å². The Labute approximate surface area is 186 Å². The lowest BCUT2D eigenvalue weighted by molar-refractivity contribution is -0.119. The standard InChI is InChI=1S/C21H22Cl2N4OS/c1-4-27(5-2)21(29)25-19-20(28)26(3)17-11-10-13(22)12-15(17)18(24-19)14-8-6-7-9-16(14)23/h6-12,19H,4-5H2,1-3H3,(H,25,29). The average molecular weight is 449 g/mol. The van der Waals surface area contributed by atoms with E-state index in [1.165, 1.54) is 0 Å². The summed E-state index contributed by atoms with van der Waals surface area (Å²) < 4.78 is 0. The van der Waals surface area contributed by atoms with Crippen LogP contribution in [0.4, 0.5) is 5.69 Å². The molecule has 0 aromatic heterocycles. The van der Waals surface area contributed by atoms with Crippen molar-refractivity contribution in [2.24, 2.45) is 4.99 Å². The summed E-state index contributed by atoms with van der Waals surface area (Å²) in [5, 5.41) is 4.68. The lowest BCUT2D eigenvalue weighted by Gasteiger charge is -2.26. The number of aliphatic imine (C=N–C) groups is 1. The van der Waals surface area contributed by atoms with Gasteiger partial charge in [0.2, 0.25) is 6.17 Å². The predicted molar refractivity (Wildman–Crippen MR) is 124 cm³/mol. The minimum atomic E-state index is -0.884. The molecular weight excluding hydrogens is 427 g/mol. The first-order valence-corrected chi connectivity index (χ1v) is 10.5. The van der Waals surface area contributed by atoms with Gasteiger partial charge in [0.25, 0.3) is 5.91 Å². The number of amides is 1. The third kappa shape index (κ3) is 4.39. The molecule has 8 heteroatoms. The number of rotatable bonds is 4. The Kier molecular flexibility index (Phi) is 6.77. The molecule has 0 bridgehead atoms. The molecule has 1 unspecified atom stereocenters. The van der Waals surface area contributed by atoms with E-state index in [1.54, 1.807) is 30.1 Å². The minimum absolute atomic E-state index is 0.217. The maximum absolute atomic E-state index is 13.2. The number of carbonyl (C=O) groups is 1. The van der Waals surface area contributed by atoms with Crippen molar-refractivity contribution in [3.63, 3.8) is 0 Å². The molecule has 0 radical (unpaired) electrons. The summed E-state index contributed by atoms with van der Waals surface area (Å²) in [6.45, 7) is 5.48.